The van der Waals surface area contributed by atoms with E-state index in [1.54, 1.807) is 0 Å². The Kier molecular flexibility index (Phi) is 5.63. The maximum Gasteiger partial charge on any atom is 0.220 e. The minimum Gasteiger partial charge on any atom is -0.309 e. The minimum atomic E-state index is 0.0329. The molecule has 0 saturated carbocycles. The average molecular weight is 534 g/mol. The van der Waals surface area contributed by atoms with E-state index in [-0.39, 0.29) is 5.41 Å². The molecule has 5 aromatic carbocycles. The molecule has 2 heteroatoms. The van der Waals surface area contributed by atoms with E-state index in [4.69, 9.17) is 0 Å². The highest BCUT2D eigenvalue weighted by molar-refractivity contribution is 6.10. The standard InChI is InChI=1S/C39H37N2/c1-24-12-15-32-33-16-13-25(2)21-37(33)41(36(32)20-24)28-14-17-30-27(22-28)18-19-40(7)38(30)34-23-35(39(4,5)6)31-11-9-8-10-29(31)26(34)3/h8-23H,1-7H3/q+1. The van der Waals surface area contributed by atoms with E-state index >= 15 is 0 Å². The Balaban J connectivity index is 1.52. The molecule has 0 radical (unpaired) electrons. The third-order valence-corrected chi connectivity index (χ3v) is 8.83. The van der Waals surface area contributed by atoms with Crippen molar-refractivity contribution in [2.75, 3.05) is 0 Å². The molecule has 0 atom stereocenters. The maximum absolute atomic E-state index is 2.44. The summed E-state index contributed by atoms with van der Waals surface area (Å²) in [4.78, 5) is 0. The van der Waals surface area contributed by atoms with Crippen molar-refractivity contribution in [3.8, 4) is 16.9 Å². The van der Waals surface area contributed by atoms with E-state index in [2.05, 4.69) is 155 Å². The fourth-order valence-electron chi connectivity index (χ4n) is 6.74. The van der Waals surface area contributed by atoms with E-state index in [1.165, 1.54) is 82.5 Å². The van der Waals surface area contributed by atoms with Crippen LogP contribution in [0.5, 0.6) is 0 Å². The molecule has 0 bridgehead atoms. The first-order chi connectivity index (χ1) is 19.6. The van der Waals surface area contributed by atoms with Gasteiger partial charge in [-0.3, -0.25) is 0 Å². The lowest BCUT2D eigenvalue weighted by Gasteiger charge is -2.24. The van der Waals surface area contributed by atoms with E-state index < -0.39 is 0 Å². The van der Waals surface area contributed by atoms with Crippen molar-refractivity contribution >= 4 is 43.4 Å². The van der Waals surface area contributed by atoms with Gasteiger partial charge in [-0.15, -0.1) is 0 Å². The van der Waals surface area contributed by atoms with Gasteiger partial charge in [-0.1, -0.05) is 69.3 Å². The van der Waals surface area contributed by atoms with Gasteiger partial charge < -0.3 is 4.57 Å². The predicted octanol–water partition coefficient (Wildman–Crippen LogP) is 9.80. The zero-order chi connectivity index (χ0) is 28.6. The van der Waals surface area contributed by atoms with Crippen LogP contribution in [0.15, 0.2) is 97.2 Å². The Bertz CT molecular complexity index is 2110. The van der Waals surface area contributed by atoms with Crippen molar-refractivity contribution in [2.45, 2.75) is 47.0 Å². The number of hydrogen-bond acceptors (Lipinski definition) is 0. The number of rotatable bonds is 2. The smallest absolute Gasteiger partial charge is 0.220 e. The fraction of sp³-hybridized carbons (Fsp3) is 0.205. The quantitative estimate of drug-likeness (QED) is 0.196. The first kappa shape index (κ1) is 25.5. The first-order valence-electron chi connectivity index (χ1n) is 14.6. The molecule has 0 amide bonds. The van der Waals surface area contributed by atoms with Gasteiger partial charge in [-0.2, -0.15) is 0 Å². The summed E-state index contributed by atoms with van der Waals surface area (Å²) in [6.45, 7) is 13.6. The molecule has 0 fully saturated rings. The number of fused-ring (bicyclic) bond motifs is 5. The number of aromatic nitrogens is 2. The lowest BCUT2D eigenvalue weighted by atomic mass is 9.80. The molecule has 0 N–H and O–H groups in total. The third-order valence-electron chi connectivity index (χ3n) is 8.83. The summed E-state index contributed by atoms with van der Waals surface area (Å²) in [7, 11) is 2.17. The molecular formula is C39H37N2+. The highest BCUT2D eigenvalue weighted by Crippen LogP contribution is 2.40. The van der Waals surface area contributed by atoms with Gasteiger partial charge in [0, 0.05) is 22.5 Å². The van der Waals surface area contributed by atoms with Crippen LogP contribution in [0.4, 0.5) is 0 Å². The molecule has 0 spiro atoms. The average Bonchev–Trinajstić information content (AvgIpc) is 3.25. The monoisotopic (exact) mass is 533 g/mol. The molecule has 7 aromatic rings. The Morgan fingerprint density at radius 2 is 1.22 bits per heavy atom. The second-order valence-electron chi connectivity index (χ2n) is 12.8. The minimum absolute atomic E-state index is 0.0329. The molecular weight excluding hydrogens is 496 g/mol. The van der Waals surface area contributed by atoms with Crippen molar-refractivity contribution < 1.29 is 4.57 Å². The molecule has 2 aromatic heterocycles. The van der Waals surface area contributed by atoms with E-state index in [0.717, 1.165) is 0 Å². The molecule has 41 heavy (non-hydrogen) atoms. The molecule has 202 valence electrons. The number of benzene rings is 5. The van der Waals surface area contributed by atoms with E-state index in [1.807, 2.05) is 0 Å². The van der Waals surface area contributed by atoms with Crippen LogP contribution in [0.2, 0.25) is 0 Å². The molecule has 0 aliphatic carbocycles. The summed E-state index contributed by atoms with van der Waals surface area (Å²) in [5.74, 6) is 0. The number of aryl methyl sites for hydroxylation is 4. The summed E-state index contributed by atoms with van der Waals surface area (Å²) >= 11 is 0. The van der Waals surface area contributed by atoms with Crippen LogP contribution in [0.25, 0.3) is 60.3 Å². The number of nitrogens with zero attached hydrogens (tertiary/aromatic N) is 2. The Morgan fingerprint density at radius 3 is 1.85 bits per heavy atom. The number of pyridine rings is 1. The van der Waals surface area contributed by atoms with Crippen molar-refractivity contribution in [2.24, 2.45) is 7.05 Å². The summed E-state index contributed by atoms with van der Waals surface area (Å²) in [6.07, 6.45) is 2.22. The van der Waals surface area contributed by atoms with E-state index in [0.29, 0.717) is 0 Å². The van der Waals surface area contributed by atoms with E-state index in [9.17, 15) is 0 Å². The largest absolute Gasteiger partial charge is 0.309 e. The van der Waals surface area contributed by atoms with Gasteiger partial charge in [0.25, 0.3) is 0 Å². The number of hydrogen-bond donors (Lipinski definition) is 0. The topological polar surface area (TPSA) is 8.81 Å². The Labute approximate surface area is 242 Å². The lowest BCUT2D eigenvalue weighted by molar-refractivity contribution is -0.659. The van der Waals surface area contributed by atoms with Crippen molar-refractivity contribution in [3.05, 3.63) is 119 Å². The van der Waals surface area contributed by atoms with Gasteiger partial charge in [-0.25, -0.2) is 4.57 Å². The van der Waals surface area contributed by atoms with Crippen LogP contribution in [-0.2, 0) is 12.5 Å². The highest BCUT2D eigenvalue weighted by atomic mass is 15.0. The van der Waals surface area contributed by atoms with Crippen LogP contribution in [0.1, 0.15) is 43.0 Å². The highest BCUT2D eigenvalue weighted by Gasteiger charge is 2.25. The summed E-state index contributed by atoms with van der Waals surface area (Å²) in [5.41, 5.74) is 11.6. The summed E-state index contributed by atoms with van der Waals surface area (Å²) in [6, 6.07) is 34.2. The van der Waals surface area contributed by atoms with Crippen LogP contribution in [-0.4, -0.2) is 4.57 Å². The van der Waals surface area contributed by atoms with Crippen LogP contribution in [0.3, 0.4) is 0 Å². The van der Waals surface area contributed by atoms with Crippen LogP contribution >= 0.6 is 0 Å². The Morgan fingerprint density at radius 1 is 0.610 bits per heavy atom. The second kappa shape index (κ2) is 9.04. The van der Waals surface area contributed by atoms with Gasteiger partial charge in [0.1, 0.15) is 7.05 Å². The van der Waals surface area contributed by atoms with Gasteiger partial charge >= 0.3 is 0 Å². The zero-order valence-electron chi connectivity index (χ0n) is 25.1. The SMILES string of the molecule is Cc1ccc2c3ccc(C)cc3n(-c3ccc4c(-c5cc(C(C)(C)C)c6ccccc6c5C)[n+](C)ccc4c3)c2c1. The van der Waals surface area contributed by atoms with Crippen molar-refractivity contribution in [1.29, 1.82) is 0 Å². The van der Waals surface area contributed by atoms with Crippen molar-refractivity contribution in [1.82, 2.24) is 4.57 Å². The molecule has 0 saturated heterocycles. The molecule has 0 aliphatic rings. The predicted molar refractivity (Wildman–Crippen MR) is 175 cm³/mol. The van der Waals surface area contributed by atoms with Gasteiger partial charge in [-0.05, 0) is 101 Å². The molecule has 7 rings (SSSR count). The van der Waals surface area contributed by atoms with Crippen LogP contribution < -0.4 is 4.57 Å². The summed E-state index contributed by atoms with van der Waals surface area (Å²) < 4.78 is 4.73. The molecule has 0 unspecified atom stereocenters. The zero-order valence-corrected chi connectivity index (χ0v) is 25.1. The molecule has 0 aliphatic heterocycles. The maximum atomic E-state index is 2.44. The van der Waals surface area contributed by atoms with Crippen LogP contribution in [0, 0.1) is 20.8 Å². The molecule has 2 nitrogen and oxygen atoms in total. The van der Waals surface area contributed by atoms with Crippen molar-refractivity contribution in [3.63, 3.8) is 0 Å². The summed E-state index contributed by atoms with van der Waals surface area (Å²) in [5, 5.41) is 7.79. The fourth-order valence-corrected chi connectivity index (χ4v) is 6.74. The van der Waals surface area contributed by atoms with Gasteiger partial charge in [0.2, 0.25) is 5.69 Å². The third kappa shape index (κ3) is 3.96. The first-order valence-corrected chi connectivity index (χ1v) is 14.6. The Hall–Kier alpha value is -4.43. The van der Waals surface area contributed by atoms with Gasteiger partial charge in [0.05, 0.1) is 22.0 Å². The lowest BCUT2D eigenvalue weighted by Crippen LogP contribution is -2.31. The molecule has 2 heterocycles. The normalized spacial score (nSPS) is 12.3. The second-order valence-corrected chi connectivity index (χ2v) is 12.8. The van der Waals surface area contributed by atoms with Gasteiger partial charge in [0.15, 0.2) is 6.20 Å².